The molecule has 1 rings (SSSR count). The maximum atomic E-state index is 10.6. The summed E-state index contributed by atoms with van der Waals surface area (Å²) in [6, 6.07) is 7.99. The molecule has 0 saturated carbocycles. The first-order valence-corrected chi connectivity index (χ1v) is 6.35. The molecule has 0 heterocycles. The summed E-state index contributed by atoms with van der Waals surface area (Å²) >= 11 is 0. The Labute approximate surface area is 108 Å². The van der Waals surface area contributed by atoms with Gasteiger partial charge in [-0.05, 0) is 17.5 Å². The Balaban J connectivity index is 2.27. The van der Waals surface area contributed by atoms with Gasteiger partial charge < -0.3 is 15.7 Å². The Morgan fingerprint density at radius 2 is 1.94 bits per heavy atom. The summed E-state index contributed by atoms with van der Waals surface area (Å²) in [6.45, 7) is 5.32. The fourth-order valence-corrected chi connectivity index (χ4v) is 1.66. The maximum absolute atomic E-state index is 10.6. The molecule has 0 radical (unpaired) electrons. The summed E-state index contributed by atoms with van der Waals surface area (Å²) in [7, 11) is 0. The van der Waals surface area contributed by atoms with Crippen molar-refractivity contribution in [3.05, 3.63) is 35.4 Å². The Morgan fingerprint density at radius 3 is 2.50 bits per heavy atom. The van der Waals surface area contributed by atoms with Crippen LogP contribution in [0.5, 0.6) is 0 Å². The molecular weight excluding hydrogens is 228 g/mol. The predicted molar refractivity (Wildman–Crippen MR) is 72.3 cm³/mol. The molecule has 1 atom stereocenters. The minimum atomic E-state index is -0.506. The molecular formula is C14H22N2O2. The first-order chi connectivity index (χ1) is 8.63. The van der Waals surface area contributed by atoms with Gasteiger partial charge in [-0.2, -0.15) is 0 Å². The normalized spacial score (nSPS) is 12.2. The number of hydrogen-bond acceptors (Lipinski definition) is 3. The van der Waals surface area contributed by atoms with Crippen LogP contribution in [-0.4, -0.2) is 30.6 Å². The van der Waals surface area contributed by atoms with Gasteiger partial charge in [0.1, 0.15) is 0 Å². The second-order valence-electron chi connectivity index (χ2n) is 4.30. The first kappa shape index (κ1) is 14.7. The lowest BCUT2D eigenvalue weighted by atomic mass is 10.1. The van der Waals surface area contributed by atoms with E-state index >= 15 is 0 Å². The summed E-state index contributed by atoms with van der Waals surface area (Å²) in [5.74, 6) is -0.0347. The molecule has 18 heavy (non-hydrogen) atoms. The molecule has 0 fully saturated rings. The van der Waals surface area contributed by atoms with Crippen LogP contribution < -0.4 is 10.6 Å². The Bertz CT molecular complexity index is 363. The minimum Gasteiger partial charge on any atom is -0.387 e. The Kier molecular flexibility index (Phi) is 6.39. The lowest BCUT2D eigenvalue weighted by Crippen LogP contribution is -2.32. The third-order valence-electron chi connectivity index (χ3n) is 2.79. The van der Waals surface area contributed by atoms with E-state index in [0.717, 1.165) is 12.0 Å². The number of amides is 1. The largest absolute Gasteiger partial charge is 0.387 e. The van der Waals surface area contributed by atoms with Crippen molar-refractivity contribution in [1.29, 1.82) is 0 Å². The van der Waals surface area contributed by atoms with Crippen LogP contribution in [0.4, 0.5) is 0 Å². The van der Waals surface area contributed by atoms with Crippen LogP contribution in [0.15, 0.2) is 24.3 Å². The number of hydrogen-bond donors (Lipinski definition) is 3. The van der Waals surface area contributed by atoms with Gasteiger partial charge in [0.15, 0.2) is 0 Å². The zero-order chi connectivity index (χ0) is 13.4. The quantitative estimate of drug-likeness (QED) is 0.633. The van der Waals surface area contributed by atoms with E-state index < -0.39 is 6.10 Å². The molecule has 100 valence electrons. The van der Waals surface area contributed by atoms with E-state index in [0.29, 0.717) is 19.6 Å². The highest BCUT2D eigenvalue weighted by Gasteiger charge is 2.06. The molecule has 4 nitrogen and oxygen atoms in total. The average molecular weight is 250 g/mol. The third-order valence-corrected chi connectivity index (χ3v) is 2.79. The van der Waals surface area contributed by atoms with E-state index in [1.54, 1.807) is 0 Å². The Morgan fingerprint density at radius 1 is 1.28 bits per heavy atom. The van der Waals surface area contributed by atoms with E-state index in [-0.39, 0.29) is 5.91 Å². The molecule has 0 aromatic heterocycles. The van der Waals surface area contributed by atoms with E-state index in [1.807, 2.05) is 24.3 Å². The van der Waals surface area contributed by atoms with Crippen molar-refractivity contribution in [3.8, 4) is 0 Å². The highest BCUT2D eigenvalue weighted by atomic mass is 16.3. The number of carbonyl (C=O) groups excluding carboxylic acids is 1. The molecule has 0 bridgehead atoms. The lowest BCUT2D eigenvalue weighted by molar-refractivity contribution is -0.118. The summed E-state index contributed by atoms with van der Waals surface area (Å²) in [5.41, 5.74) is 2.18. The van der Waals surface area contributed by atoms with Crippen LogP contribution in [0.25, 0.3) is 0 Å². The van der Waals surface area contributed by atoms with Crippen molar-refractivity contribution in [2.24, 2.45) is 0 Å². The van der Waals surface area contributed by atoms with Crippen LogP contribution in [0, 0.1) is 0 Å². The smallest absolute Gasteiger partial charge is 0.216 e. The third kappa shape index (κ3) is 5.29. The molecule has 1 amide bonds. The van der Waals surface area contributed by atoms with Crippen molar-refractivity contribution < 1.29 is 9.90 Å². The van der Waals surface area contributed by atoms with E-state index in [2.05, 4.69) is 17.6 Å². The van der Waals surface area contributed by atoms with Crippen molar-refractivity contribution in [1.82, 2.24) is 10.6 Å². The fraction of sp³-hybridized carbons (Fsp3) is 0.500. The number of aliphatic hydroxyl groups excluding tert-OH is 1. The zero-order valence-corrected chi connectivity index (χ0v) is 11.1. The molecule has 0 aliphatic heterocycles. The van der Waals surface area contributed by atoms with Crippen molar-refractivity contribution in [2.45, 2.75) is 26.4 Å². The number of aryl methyl sites for hydroxylation is 1. The van der Waals surface area contributed by atoms with Gasteiger partial charge in [0.2, 0.25) is 5.91 Å². The molecule has 0 spiro atoms. The summed E-state index contributed by atoms with van der Waals surface area (Å²) in [6.07, 6.45) is 0.499. The number of rotatable bonds is 7. The van der Waals surface area contributed by atoms with Gasteiger partial charge in [0, 0.05) is 26.6 Å². The topological polar surface area (TPSA) is 61.4 Å². The monoisotopic (exact) mass is 250 g/mol. The number of benzene rings is 1. The van der Waals surface area contributed by atoms with E-state index in [4.69, 9.17) is 0 Å². The second kappa shape index (κ2) is 7.84. The SMILES string of the molecule is CCc1ccc(C(O)CNCCNC(C)=O)cc1. The zero-order valence-electron chi connectivity index (χ0n) is 11.1. The second-order valence-corrected chi connectivity index (χ2v) is 4.30. The van der Waals surface area contributed by atoms with E-state index in [9.17, 15) is 9.90 Å². The van der Waals surface area contributed by atoms with Crippen LogP contribution in [0.1, 0.15) is 31.1 Å². The Hall–Kier alpha value is -1.39. The standard InChI is InChI=1S/C14H22N2O2/c1-3-12-4-6-13(7-5-12)14(18)10-15-8-9-16-11(2)17/h4-7,14-15,18H,3,8-10H2,1-2H3,(H,16,17). The summed E-state index contributed by atoms with van der Waals surface area (Å²) in [4.78, 5) is 10.6. The maximum Gasteiger partial charge on any atom is 0.216 e. The van der Waals surface area contributed by atoms with Gasteiger partial charge in [0.25, 0.3) is 0 Å². The minimum absolute atomic E-state index is 0.0347. The van der Waals surface area contributed by atoms with Crippen LogP contribution >= 0.6 is 0 Å². The van der Waals surface area contributed by atoms with E-state index in [1.165, 1.54) is 12.5 Å². The van der Waals surface area contributed by atoms with Gasteiger partial charge in [0.05, 0.1) is 6.10 Å². The number of aliphatic hydroxyl groups is 1. The average Bonchev–Trinajstić information content (AvgIpc) is 2.38. The van der Waals surface area contributed by atoms with Gasteiger partial charge in [-0.15, -0.1) is 0 Å². The summed E-state index contributed by atoms with van der Waals surface area (Å²) in [5, 5.41) is 15.7. The molecule has 3 N–H and O–H groups in total. The molecule has 0 saturated heterocycles. The molecule has 1 aromatic carbocycles. The molecule has 4 heteroatoms. The first-order valence-electron chi connectivity index (χ1n) is 6.35. The molecule has 0 aliphatic carbocycles. The van der Waals surface area contributed by atoms with Gasteiger partial charge in [-0.1, -0.05) is 31.2 Å². The van der Waals surface area contributed by atoms with Gasteiger partial charge >= 0.3 is 0 Å². The number of carbonyl (C=O) groups is 1. The summed E-state index contributed by atoms with van der Waals surface area (Å²) < 4.78 is 0. The fourth-order valence-electron chi connectivity index (χ4n) is 1.66. The van der Waals surface area contributed by atoms with Crippen molar-refractivity contribution in [3.63, 3.8) is 0 Å². The van der Waals surface area contributed by atoms with Gasteiger partial charge in [-0.25, -0.2) is 0 Å². The highest BCUT2D eigenvalue weighted by molar-refractivity contribution is 5.72. The molecule has 1 aromatic rings. The van der Waals surface area contributed by atoms with Crippen LogP contribution in [0.3, 0.4) is 0 Å². The predicted octanol–water partition coefficient (Wildman–Crippen LogP) is 1.01. The lowest BCUT2D eigenvalue weighted by Gasteiger charge is -2.12. The van der Waals surface area contributed by atoms with Crippen molar-refractivity contribution in [2.75, 3.05) is 19.6 Å². The van der Waals surface area contributed by atoms with Crippen LogP contribution in [-0.2, 0) is 11.2 Å². The molecule has 0 aliphatic rings. The highest BCUT2D eigenvalue weighted by Crippen LogP contribution is 2.13. The number of nitrogens with one attached hydrogen (secondary N) is 2. The van der Waals surface area contributed by atoms with Crippen molar-refractivity contribution >= 4 is 5.91 Å². The molecule has 1 unspecified atom stereocenters. The van der Waals surface area contributed by atoms with Gasteiger partial charge in [-0.3, -0.25) is 4.79 Å². The van der Waals surface area contributed by atoms with Crippen LogP contribution in [0.2, 0.25) is 0 Å².